The number of hydrogen-bond acceptors (Lipinski definition) is 7. The van der Waals surface area contributed by atoms with Crippen molar-refractivity contribution in [1.82, 2.24) is 14.1 Å². The first-order chi connectivity index (χ1) is 14.8. The molecule has 6 nitrogen and oxygen atoms in total. The summed E-state index contributed by atoms with van der Waals surface area (Å²) < 4.78 is 17.2. The molecule has 0 radical (unpaired) electrons. The highest BCUT2D eigenvalue weighted by Gasteiger charge is 2.20. The molecule has 4 rings (SSSR count). The standard InChI is InChI=1S/C21H16FN3O3S3/c1-11-3-8-15(12(2)9-11)25-18-17(31-21(25)29)19(28)24(14-6-4-13(22)5-7-14)20(23-18)30-10-16(26)27/h3-9H,10H2,1-2H3,(H,26,27)/p-1. The first kappa shape index (κ1) is 21.4. The van der Waals surface area contributed by atoms with Crippen LogP contribution in [0, 0.1) is 23.6 Å². The molecule has 0 aliphatic carbocycles. The van der Waals surface area contributed by atoms with Gasteiger partial charge in [0.2, 0.25) is 0 Å². The molecule has 31 heavy (non-hydrogen) atoms. The monoisotopic (exact) mass is 472 g/mol. The van der Waals surface area contributed by atoms with Gasteiger partial charge in [0.25, 0.3) is 5.56 Å². The predicted octanol–water partition coefficient (Wildman–Crippen LogP) is 3.57. The maximum atomic E-state index is 13.4. The summed E-state index contributed by atoms with van der Waals surface area (Å²) in [6, 6.07) is 11.2. The second-order valence-electron chi connectivity index (χ2n) is 6.82. The van der Waals surface area contributed by atoms with Gasteiger partial charge in [0, 0.05) is 5.75 Å². The minimum atomic E-state index is -1.29. The van der Waals surface area contributed by atoms with E-state index in [1.54, 1.807) is 4.57 Å². The lowest BCUT2D eigenvalue weighted by Crippen LogP contribution is -2.26. The molecule has 10 heteroatoms. The number of nitrogens with zero attached hydrogens (tertiary/aromatic N) is 3. The van der Waals surface area contributed by atoms with Crippen LogP contribution in [0.2, 0.25) is 0 Å². The lowest BCUT2D eigenvalue weighted by atomic mass is 10.1. The van der Waals surface area contributed by atoms with Crippen molar-refractivity contribution >= 4 is 51.6 Å². The van der Waals surface area contributed by atoms with E-state index >= 15 is 0 Å². The molecular formula is C21H15FN3O3S3-. The summed E-state index contributed by atoms with van der Waals surface area (Å²) >= 11 is 7.53. The largest absolute Gasteiger partial charge is 0.549 e. The van der Waals surface area contributed by atoms with Crippen molar-refractivity contribution in [3.63, 3.8) is 0 Å². The van der Waals surface area contributed by atoms with Crippen LogP contribution in [0.5, 0.6) is 0 Å². The molecule has 0 saturated heterocycles. The lowest BCUT2D eigenvalue weighted by Gasteiger charge is -2.14. The van der Waals surface area contributed by atoms with Crippen LogP contribution in [0.15, 0.2) is 52.4 Å². The van der Waals surface area contributed by atoms with Gasteiger partial charge in [0.1, 0.15) is 10.5 Å². The third kappa shape index (κ3) is 4.06. The number of thioether (sulfide) groups is 1. The zero-order chi connectivity index (χ0) is 22.3. The zero-order valence-corrected chi connectivity index (χ0v) is 18.9. The molecule has 2 aromatic carbocycles. The smallest absolute Gasteiger partial charge is 0.278 e. The summed E-state index contributed by atoms with van der Waals surface area (Å²) in [6.45, 7) is 3.93. The average molecular weight is 473 g/mol. The van der Waals surface area contributed by atoms with E-state index in [0.717, 1.165) is 39.9 Å². The molecule has 0 bridgehead atoms. The van der Waals surface area contributed by atoms with Crippen LogP contribution in [0.1, 0.15) is 11.1 Å². The number of aromatic nitrogens is 3. The van der Waals surface area contributed by atoms with E-state index in [0.29, 0.717) is 20.0 Å². The first-order valence-electron chi connectivity index (χ1n) is 9.11. The van der Waals surface area contributed by atoms with Gasteiger partial charge in [-0.3, -0.25) is 13.9 Å². The normalized spacial score (nSPS) is 11.2. The van der Waals surface area contributed by atoms with Crippen molar-refractivity contribution in [1.29, 1.82) is 0 Å². The Hall–Kier alpha value is -2.82. The molecule has 0 unspecified atom stereocenters. The van der Waals surface area contributed by atoms with Crippen LogP contribution in [-0.2, 0) is 4.79 Å². The first-order valence-corrected chi connectivity index (χ1v) is 11.3. The number of rotatable bonds is 5. The number of thiazole rings is 1. The second-order valence-corrected chi connectivity index (χ2v) is 9.40. The van der Waals surface area contributed by atoms with Crippen molar-refractivity contribution < 1.29 is 14.3 Å². The fourth-order valence-corrected chi connectivity index (χ4v) is 5.25. The summed E-state index contributed by atoms with van der Waals surface area (Å²) in [5, 5.41) is 11.2. The van der Waals surface area contributed by atoms with Gasteiger partial charge < -0.3 is 9.90 Å². The van der Waals surface area contributed by atoms with Gasteiger partial charge >= 0.3 is 0 Å². The molecule has 0 amide bonds. The van der Waals surface area contributed by atoms with Gasteiger partial charge in [-0.15, -0.1) is 0 Å². The highest BCUT2D eigenvalue weighted by Crippen LogP contribution is 2.28. The van der Waals surface area contributed by atoms with Gasteiger partial charge in [0.15, 0.2) is 14.8 Å². The number of carbonyl (C=O) groups is 1. The average Bonchev–Trinajstić information content (AvgIpc) is 3.04. The Bertz CT molecular complexity index is 1440. The van der Waals surface area contributed by atoms with Crippen molar-refractivity contribution in [2.24, 2.45) is 0 Å². The minimum Gasteiger partial charge on any atom is -0.549 e. The third-order valence-electron chi connectivity index (χ3n) is 4.57. The van der Waals surface area contributed by atoms with E-state index in [1.165, 1.54) is 28.8 Å². The number of carboxylic acid groups (broad SMARTS) is 1. The number of aliphatic carboxylic acids is 1. The fraction of sp³-hybridized carbons (Fsp3) is 0.143. The number of aryl methyl sites for hydroxylation is 2. The zero-order valence-electron chi connectivity index (χ0n) is 16.4. The number of carbonyl (C=O) groups excluding carboxylic acids is 1. The van der Waals surface area contributed by atoms with E-state index in [2.05, 4.69) is 4.98 Å². The predicted molar refractivity (Wildman–Crippen MR) is 121 cm³/mol. The Labute approximate surface area is 189 Å². The van der Waals surface area contributed by atoms with Crippen molar-refractivity contribution in [3.05, 3.63) is 73.7 Å². The highest BCUT2D eigenvalue weighted by molar-refractivity contribution is 7.99. The van der Waals surface area contributed by atoms with Crippen molar-refractivity contribution in [3.8, 4) is 11.4 Å². The van der Waals surface area contributed by atoms with Gasteiger partial charge in [-0.05, 0) is 62.0 Å². The number of benzene rings is 2. The number of hydrogen-bond donors (Lipinski definition) is 0. The Kier molecular flexibility index (Phi) is 5.78. The molecule has 2 aromatic heterocycles. The fourth-order valence-electron chi connectivity index (χ4n) is 3.24. The molecule has 0 spiro atoms. The molecule has 2 heterocycles. The van der Waals surface area contributed by atoms with Crippen LogP contribution >= 0.6 is 35.3 Å². The van der Waals surface area contributed by atoms with E-state index in [1.807, 2.05) is 32.0 Å². The van der Waals surface area contributed by atoms with E-state index < -0.39 is 23.1 Å². The molecule has 0 N–H and O–H groups in total. The van der Waals surface area contributed by atoms with Gasteiger partial charge in [-0.25, -0.2) is 9.37 Å². The summed E-state index contributed by atoms with van der Waals surface area (Å²) in [4.78, 5) is 29.1. The third-order valence-corrected chi connectivity index (χ3v) is 6.84. The van der Waals surface area contributed by atoms with Gasteiger partial charge in [-0.1, -0.05) is 40.8 Å². The molecule has 0 saturated carbocycles. The summed E-state index contributed by atoms with van der Waals surface area (Å²) in [7, 11) is 0. The SMILES string of the molecule is Cc1ccc(-n2c(=S)sc3c(=O)n(-c4ccc(F)cc4)c(SCC(=O)[O-])nc32)c(C)c1. The summed E-state index contributed by atoms with van der Waals surface area (Å²) in [6.07, 6.45) is 0. The molecule has 0 aliphatic heterocycles. The van der Waals surface area contributed by atoms with Crippen LogP contribution in [0.25, 0.3) is 21.7 Å². The Morgan fingerprint density at radius 3 is 2.55 bits per heavy atom. The topological polar surface area (TPSA) is 80.0 Å². The highest BCUT2D eigenvalue weighted by atomic mass is 32.2. The minimum absolute atomic E-state index is 0.152. The van der Waals surface area contributed by atoms with Crippen LogP contribution < -0.4 is 10.7 Å². The lowest BCUT2D eigenvalue weighted by molar-refractivity contribution is -0.301. The maximum absolute atomic E-state index is 13.4. The maximum Gasteiger partial charge on any atom is 0.278 e. The van der Waals surface area contributed by atoms with Crippen molar-refractivity contribution in [2.45, 2.75) is 19.0 Å². The van der Waals surface area contributed by atoms with E-state index in [4.69, 9.17) is 12.2 Å². The van der Waals surface area contributed by atoms with Crippen LogP contribution in [-0.4, -0.2) is 25.8 Å². The molecule has 4 aromatic rings. The van der Waals surface area contributed by atoms with Crippen LogP contribution in [0.4, 0.5) is 4.39 Å². The molecule has 0 atom stereocenters. The molecule has 0 fully saturated rings. The van der Waals surface area contributed by atoms with Crippen LogP contribution in [0.3, 0.4) is 0 Å². The van der Waals surface area contributed by atoms with Gasteiger partial charge in [-0.2, -0.15) is 0 Å². The Morgan fingerprint density at radius 2 is 1.90 bits per heavy atom. The number of halogens is 1. The Balaban J connectivity index is 2.03. The number of fused-ring (bicyclic) bond motifs is 1. The quantitative estimate of drug-likeness (QED) is 0.251. The van der Waals surface area contributed by atoms with E-state index in [-0.39, 0.29) is 5.16 Å². The molecular weight excluding hydrogens is 457 g/mol. The molecule has 158 valence electrons. The van der Waals surface area contributed by atoms with Gasteiger partial charge in [0.05, 0.1) is 17.3 Å². The van der Waals surface area contributed by atoms with E-state index in [9.17, 15) is 19.1 Å². The second kappa shape index (κ2) is 8.37. The molecule has 0 aliphatic rings. The van der Waals surface area contributed by atoms with Crippen molar-refractivity contribution in [2.75, 3.05) is 5.75 Å². The summed E-state index contributed by atoms with van der Waals surface area (Å²) in [5.74, 6) is -2.14. The summed E-state index contributed by atoms with van der Waals surface area (Å²) in [5.41, 5.74) is 3.17. The Morgan fingerprint density at radius 1 is 1.19 bits per heavy atom. The number of carboxylic acids is 1.